The first-order valence-electron chi connectivity index (χ1n) is 8.06. The summed E-state index contributed by atoms with van der Waals surface area (Å²) in [7, 11) is 0. The molecule has 0 aromatic heterocycles. The fourth-order valence-electron chi connectivity index (χ4n) is 2.46. The molecular formula is C18H26O4. The molecule has 4 nitrogen and oxygen atoms in total. The lowest BCUT2D eigenvalue weighted by molar-refractivity contribution is -0.142. The zero-order valence-corrected chi connectivity index (χ0v) is 13.8. The summed E-state index contributed by atoms with van der Waals surface area (Å²) in [4.78, 5) is 22.5. The van der Waals surface area contributed by atoms with E-state index in [2.05, 4.69) is 0 Å². The topological polar surface area (TPSA) is 52.6 Å². The van der Waals surface area contributed by atoms with Gasteiger partial charge in [0, 0.05) is 13.3 Å². The third-order valence-electron chi connectivity index (χ3n) is 3.53. The van der Waals surface area contributed by atoms with Gasteiger partial charge < -0.3 is 9.47 Å². The van der Waals surface area contributed by atoms with Gasteiger partial charge in [0.25, 0.3) is 0 Å². The zero-order valence-electron chi connectivity index (χ0n) is 13.8. The van der Waals surface area contributed by atoms with Crippen molar-refractivity contribution in [1.29, 1.82) is 0 Å². The van der Waals surface area contributed by atoms with Crippen molar-refractivity contribution < 1.29 is 19.1 Å². The van der Waals surface area contributed by atoms with Crippen LogP contribution in [-0.4, -0.2) is 11.9 Å². The molecule has 1 saturated carbocycles. The molecule has 0 saturated heterocycles. The molecule has 1 aliphatic rings. The molecule has 0 bridgehead atoms. The Labute approximate surface area is 132 Å². The summed E-state index contributed by atoms with van der Waals surface area (Å²) in [5.74, 6) is 0.562. The second-order valence-electron chi connectivity index (χ2n) is 5.25. The van der Waals surface area contributed by atoms with Crippen LogP contribution in [0.4, 0.5) is 0 Å². The standard InChI is InChI=1S/C16H20O4.C2H6/c1-12(17)19-11-14-6-8-15(9-7-14)20-16(18)10-13-4-2-3-5-13;1-2/h6-9,13H,2-5,10-11H2,1H3;1-2H3. The quantitative estimate of drug-likeness (QED) is 0.602. The second-order valence-corrected chi connectivity index (χ2v) is 5.25. The molecule has 122 valence electrons. The molecule has 0 aliphatic heterocycles. The number of esters is 2. The minimum Gasteiger partial charge on any atom is -0.461 e. The Balaban J connectivity index is 0.00000116. The van der Waals surface area contributed by atoms with Gasteiger partial charge in [-0.1, -0.05) is 38.8 Å². The van der Waals surface area contributed by atoms with Gasteiger partial charge >= 0.3 is 11.9 Å². The third kappa shape index (κ3) is 6.74. The number of hydrogen-bond donors (Lipinski definition) is 0. The minimum absolute atomic E-state index is 0.162. The number of rotatable bonds is 5. The van der Waals surface area contributed by atoms with Crippen LogP contribution in [0.5, 0.6) is 5.75 Å². The molecule has 0 unspecified atom stereocenters. The molecule has 0 spiro atoms. The monoisotopic (exact) mass is 306 g/mol. The van der Waals surface area contributed by atoms with Crippen LogP contribution in [0, 0.1) is 5.92 Å². The van der Waals surface area contributed by atoms with Crippen molar-refractivity contribution in [3.05, 3.63) is 29.8 Å². The van der Waals surface area contributed by atoms with E-state index in [0.717, 1.165) is 18.4 Å². The van der Waals surface area contributed by atoms with E-state index in [-0.39, 0.29) is 18.5 Å². The number of hydrogen-bond acceptors (Lipinski definition) is 4. The highest BCUT2D eigenvalue weighted by atomic mass is 16.5. The van der Waals surface area contributed by atoms with E-state index in [0.29, 0.717) is 18.1 Å². The summed E-state index contributed by atoms with van der Waals surface area (Å²) in [5, 5.41) is 0. The van der Waals surface area contributed by atoms with Gasteiger partial charge in [0.1, 0.15) is 12.4 Å². The van der Waals surface area contributed by atoms with Gasteiger partial charge in [-0.3, -0.25) is 9.59 Å². The van der Waals surface area contributed by atoms with Crippen LogP contribution < -0.4 is 4.74 Å². The molecule has 22 heavy (non-hydrogen) atoms. The normalized spacial score (nSPS) is 14.0. The Morgan fingerprint density at radius 2 is 1.68 bits per heavy atom. The summed E-state index contributed by atoms with van der Waals surface area (Å²) in [6, 6.07) is 7.04. The maximum Gasteiger partial charge on any atom is 0.311 e. The van der Waals surface area contributed by atoms with Gasteiger partial charge in [-0.2, -0.15) is 0 Å². The van der Waals surface area contributed by atoms with Crippen LogP contribution in [0.3, 0.4) is 0 Å². The Bertz CT molecular complexity index is 458. The van der Waals surface area contributed by atoms with Gasteiger partial charge in [-0.25, -0.2) is 0 Å². The molecule has 0 amide bonds. The van der Waals surface area contributed by atoms with E-state index >= 15 is 0 Å². The zero-order chi connectivity index (χ0) is 16.4. The van der Waals surface area contributed by atoms with E-state index in [1.54, 1.807) is 24.3 Å². The van der Waals surface area contributed by atoms with Gasteiger partial charge in [0.15, 0.2) is 0 Å². The SMILES string of the molecule is CC.CC(=O)OCc1ccc(OC(=O)CC2CCCC2)cc1. The average Bonchev–Trinajstić information content (AvgIpc) is 3.01. The Kier molecular flexibility index (Phi) is 8.26. The van der Waals surface area contributed by atoms with Crippen molar-refractivity contribution in [3.63, 3.8) is 0 Å². The number of carbonyl (C=O) groups is 2. The Morgan fingerprint density at radius 1 is 1.09 bits per heavy atom. The highest BCUT2D eigenvalue weighted by Crippen LogP contribution is 2.28. The number of benzene rings is 1. The minimum atomic E-state index is -0.308. The highest BCUT2D eigenvalue weighted by Gasteiger charge is 2.19. The van der Waals surface area contributed by atoms with Gasteiger partial charge in [0.2, 0.25) is 0 Å². The smallest absolute Gasteiger partial charge is 0.311 e. The highest BCUT2D eigenvalue weighted by molar-refractivity contribution is 5.72. The molecule has 4 heteroatoms. The van der Waals surface area contributed by atoms with Crippen molar-refractivity contribution >= 4 is 11.9 Å². The van der Waals surface area contributed by atoms with E-state index in [1.807, 2.05) is 13.8 Å². The maximum atomic E-state index is 11.8. The molecular weight excluding hydrogens is 280 g/mol. The van der Waals surface area contributed by atoms with Crippen molar-refractivity contribution in [2.24, 2.45) is 5.92 Å². The molecule has 1 aromatic rings. The third-order valence-corrected chi connectivity index (χ3v) is 3.53. The molecule has 0 N–H and O–H groups in total. The predicted octanol–water partition coefficient (Wildman–Crippen LogP) is 4.26. The molecule has 0 radical (unpaired) electrons. The van der Waals surface area contributed by atoms with Crippen LogP contribution in [0.15, 0.2) is 24.3 Å². The first kappa shape index (κ1) is 18.2. The largest absolute Gasteiger partial charge is 0.461 e. The van der Waals surface area contributed by atoms with E-state index in [1.165, 1.54) is 19.8 Å². The van der Waals surface area contributed by atoms with E-state index < -0.39 is 0 Å². The van der Waals surface area contributed by atoms with E-state index in [4.69, 9.17) is 9.47 Å². The first-order valence-corrected chi connectivity index (χ1v) is 8.06. The van der Waals surface area contributed by atoms with Gasteiger partial charge in [-0.15, -0.1) is 0 Å². The van der Waals surface area contributed by atoms with Crippen LogP contribution >= 0.6 is 0 Å². The molecule has 1 aliphatic carbocycles. The van der Waals surface area contributed by atoms with Gasteiger partial charge in [-0.05, 0) is 36.5 Å². The maximum absolute atomic E-state index is 11.8. The Hall–Kier alpha value is -1.84. The lowest BCUT2D eigenvalue weighted by atomic mass is 10.0. The average molecular weight is 306 g/mol. The number of ether oxygens (including phenoxy) is 2. The molecule has 0 atom stereocenters. The summed E-state index contributed by atoms with van der Waals surface area (Å²) in [5.41, 5.74) is 0.871. The second kappa shape index (κ2) is 9.98. The van der Waals surface area contributed by atoms with Crippen molar-refractivity contribution in [3.8, 4) is 5.75 Å². The molecule has 0 heterocycles. The van der Waals surface area contributed by atoms with Crippen molar-refractivity contribution in [2.45, 2.75) is 59.5 Å². The summed E-state index contributed by atoms with van der Waals surface area (Å²) in [6.45, 7) is 5.62. The fraction of sp³-hybridized carbons (Fsp3) is 0.556. The lowest BCUT2D eigenvalue weighted by Gasteiger charge is -2.09. The van der Waals surface area contributed by atoms with Crippen LogP contribution in [0.2, 0.25) is 0 Å². The predicted molar refractivity (Wildman–Crippen MR) is 85.5 cm³/mol. The van der Waals surface area contributed by atoms with Crippen molar-refractivity contribution in [1.82, 2.24) is 0 Å². The van der Waals surface area contributed by atoms with Crippen molar-refractivity contribution in [2.75, 3.05) is 0 Å². The fourth-order valence-corrected chi connectivity index (χ4v) is 2.46. The van der Waals surface area contributed by atoms with Crippen LogP contribution in [0.1, 0.15) is 58.4 Å². The van der Waals surface area contributed by atoms with E-state index in [9.17, 15) is 9.59 Å². The lowest BCUT2D eigenvalue weighted by Crippen LogP contribution is -2.12. The molecule has 1 fully saturated rings. The summed E-state index contributed by atoms with van der Waals surface area (Å²) < 4.78 is 10.2. The Morgan fingerprint density at radius 3 is 2.23 bits per heavy atom. The van der Waals surface area contributed by atoms with Crippen LogP contribution in [-0.2, 0) is 20.9 Å². The summed E-state index contributed by atoms with van der Waals surface area (Å²) >= 11 is 0. The van der Waals surface area contributed by atoms with Crippen LogP contribution in [0.25, 0.3) is 0 Å². The van der Waals surface area contributed by atoms with Gasteiger partial charge in [0.05, 0.1) is 0 Å². The molecule has 1 aromatic carbocycles. The number of carbonyl (C=O) groups excluding carboxylic acids is 2. The summed E-state index contributed by atoms with van der Waals surface area (Å²) in [6.07, 6.45) is 5.23. The molecule has 2 rings (SSSR count). The first-order chi connectivity index (χ1) is 10.6.